The minimum atomic E-state index is -6.24. The van der Waals surface area contributed by atoms with Crippen molar-refractivity contribution in [1.29, 1.82) is 0 Å². The molecule has 1 N–H and O–H groups in total. The largest absolute Gasteiger partial charge is 0.396 e. The van der Waals surface area contributed by atoms with E-state index in [1.54, 1.807) is 0 Å². The van der Waals surface area contributed by atoms with Gasteiger partial charge in [0.15, 0.2) is 0 Å². The summed E-state index contributed by atoms with van der Waals surface area (Å²) in [5.74, 6) is -23.2. The van der Waals surface area contributed by atoms with Crippen LogP contribution in [0.15, 0.2) is 0 Å². The summed E-state index contributed by atoms with van der Waals surface area (Å²) in [6.45, 7) is -1.36. The van der Waals surface area contributed by atoms with Crippen LogP contribution in [-0.2, 0) is 4.74 Å². The molecule has 0 saturated carbocycles. The fourth-order valence-corrected chi connectivity index (χ4v) is 1.51. The molecule has 0 fully saturated rings. The summed E-state index contributed by atoms with van der Waals surface area (Å²) >= 11 is 0. The van der Waals surface area contributed by atoms with Crippen LogP contribution in [0.1, 0.15) is 25.7 Å². The average Bonchev–Trinajstić information content (AvgIpc) is 2.35. The highest BCUT2D eigenvalue weighted by Gasteiger charge is 2.79. The van der Waals surface area contributed by atoms with Gasteiger partial charge >= 0.3 is 23.7 Å². The maximum absolute atomic E-state index is 13.2. The maximum atomic E-state index is 13.2. The van der Waals surface area contributed by atoms with Gasteiger partial charge < -0.3 is 9.84 Å². The van der Waals surface area contributed by atoms with Crippen LogP contribution in [-0.4, -0.2) is 49.1 Å². The molecule has 2 nitrogen and oxygen atoms in total. The van der Waals surface area contributed by atoms with Gasteiger partial charge in [0.2, 0.25) is 0 Å². The smallest absolute Gasteiger partial charge is 0.378 e. The van der Waals surface area contributed by atoms with Crippen LogP contribution in [0, 0.1) is 0 Å². The quantitative estimate of drug-likeness (QED) is 0.488. The Morgan fingerprint density at radius 1 is 0.762 bits per heavy atom. The van der Waals surface area contributed by atoms with Crippen molar-refractivity contribution in [2.75, 3.05) is 20.3 Å². The van der Waals surface area contributed by atoms with Gasteiger partial charge in [0, 0.05) is 33.2 Å². The number of ether oxygens (including phenoxy) is 1. The lowest BCUT2D eigenvalue weighted by atomic mass is 9.93. The highest BCUT2D eigenvalue weighted by molar-refractivity contribution is 5.03. The number of halogens is 8. The Hall–Kier alpha value is -0.640. The summed E-state index contributed by atoms with van der Waals surface area (Å²) < 4.78 is 110. The molecule has 0 heterocycles. The number of hydrogen-bond acceptors (Lipinski definition) is 2. The van der Waals surface area contributed by atoms with E-state index >= 15 is 0 Å². The van der Waals surface area contributed by atoms with Crippen molar-refractivity contribution in [2.45, 2.75) is 49.4 Å². The first-order valence-electron chi connectivity index (χ1n) is 5.98. The molecule has 0 atom stereocenters. The van der Waals surface area contributed by atoms with Crippen LogP contribution in [0.2, 0.25) is 0 Å². The van der Waals surface area contributed by atoms with E-state index in [4.69, 9.17) is 5.11 Å². The van der Waals surface area contributed by atoms with Crippen molar-refractivity contribution in [3.05, 3.63) is 0 Å². The molecule has 0 saturated heterocycles. The predicted octanol–water partition coefficient (Wildman–Crippen LogP) is 3.73. The maximum Gasteiger partial charge on any atom is 0.378 e. The normalized spacial score (nSPS) is 14.6. The third-order valence-electron chi connectivity index (χ3n) is 2.80. The first-order valence-corrected chi connectivity index (χ1v) is 5.98. The molecule has 10 heteroatoms. The monoisotopic (exact) mass is 332 g/mol. The fraction of sp³-hybridized carbons (Fsp3) is 1.00. The zero-order valence-electron chi connectivity index (χ0n) is 11.1. The molecular formula is C11H16F8O2. The van der Waals surface area contributed by atoms with E-state index in [1.807, 2.05) is 0 Å². The van der Waals surface area contributed by atoms with Crippen LogP contribution in [0.3, 0.4) is 0 Å². The zero-order chi connectivity index (χ0) is 16.9. The van der Waals surface area contributed by atoms with Crippen molar-refractivity contribution < 1.29 is 45.0 Å². The van der Waals surface area contributed by atoms with Crippen molar-refractivity contribution in [2.24, 2.45) is 0 Å². The zero-order valence-corrected chi connectivity index (χ0v) is 11.1. The van der Waals surface area contributed by atoms with Crippen molar-refractivity contribution in [3.63, 3.8) is 0 Å². The van der Waals surface area contributed by atoms with Gasteiger partial charge in [-0.3, -0.25) is 0 Å². The lowest BCUT2D eigenvalue weighted by molar-refractivity contribution is -0.368. The first kappa shape index (κ1) is 20.4. The number of aliphatic hydroxyl groups excluding tert-OH is 1. The molecule has 0 radical (unpaired) electrons. The molecule has 0 unspecified atom stereocenters. The molecule has 21 heavy (non-hydrogen) atoms. The van der Waals surface area contributed by atoms with Gasteiger partial charge in [-0.05, 0) is 12.8 Å². The van der Waals surface area contributed by atoms with Gasteiger partial charge in [-0.25, -0.2) is 0 Å². The van der Waals surface area contributed by atoms with Gasteiger partial charge in [-0.1, -0.05) is 0 Å². The van der Waals surface area contributed by atoms with Crippen LogP contribution >= 0.6 is 0 Å². The van der Waals surface area contributed by atoms with Gasteiger partial charge in [0.25, 0.3) is 0 Å². The molecule has 0 rings (SSSR count). The number of methoxy groups -OCH3 is 1. The van der Waals surface area contributed by atoms with Crippen molar-refractivity contribution in [1.82, 2.24) is 0 Å². The molecule has 0 spiro atoms. The summed E-state index contributed by atoms with van der Waals surface area (Å²) in [6, 6.07) is 0. The van der Waals surface area contributed by atoms with E-state index in [9.17, 15) is 35.1 Å². The molecule has 0 aliphatic rings. The van der Waals surface area contributed by atoms with Gasteiger partial charge in [-0.15, -0.1) is 0 Å². The fourth-order valence-electron chi connectivity index (χ4n) is 1.51. The third-order valence-corrected chi connectivity index (χ3v) is 2.80. The summed E-state index contributed by atoms with van der Waals surface area (Å²) in [6.07, 6.45) is -5.18. The Bertz CT molecular complexity index is 319. The Morgan fingerprint density at radius 3 is 1.48 bits per heavy atom. The van der Waals surface area contributed by atoms with Crippen molar-refractivity contribution >= 4 is 0 Å². The molecule has 0 amide bonds. The van der Waals surface area contributed by atoms with E-state index in [2.05, 4.69) is 4.74 Å². The molecule has 128 valence electrons. The van der Waals surface area contributed by atoms with Crippen LogP contribution in [0.25, 0.3) is 0 Å². The Balaban J connectivity index is 5.24. The molecule has 0 aromatic heterocycles. The van der Waals surface area contributed by atoms with Crippen LogP contribution < -0.4 is 0 Å². The average molecular weight is 332 g/mol. The van der Waals surface area contributed by atoms with E-state index in [1.165, 1.54) is 0 Å². The predicted molar refractivity (Wildman–Crippen MR) is 57.2 cm³/mol. The lowest BCUT2D eigenvalue weighted by Gasteiger charge is -2.36. The van der Waals surface area contributed by atoms with E-state index in [0.717, 1.165) is 7.11 Å². The Labute approximate surface area is 116 Å². The number of aliphatic hydroxyl groups is 1. The molecule has 0 aromatic carbocycles. The van der Waals surface area contributed by atoms with Gasteiger partial charge in [-0.2, -0.15) is 35.1 Å². The molecule has 0 aliphatic heterocycles. The molecule has 0 aromatic rings. The van der Waals surface area contributed by atoms with Crippen LogP contribution in [0.4, 0.5) is 35.1 Å². The second-order valence-electron chi connectivity index (χ2n) is 4.48. The number of rotatable bonds is 10. The lowest BCUT2D eigenvalue weighted by Crippen LogP contribution is -2.62. The van der Waals surface area contributed by atoms with E-state index in [-0.39, 0.29) is 0 Å². The topological polar surface area (TPSA) is 29.5 Å². The van der Waals surface area contributed by atoms with Gasteiger partial charge in [0.05, 0.1) is 0 Å². The molecular weight excluding hydrogens is 316 g/mol. The first-order chi connectivity index (χ1) is 9.37. The number of alkyl halides is 8. The third kappa shape index (κ3) is 4.18. The molecule has 0 aliphatic carbocycles. The SMILES string of the molecule is COCCCC(F)(F)C(F)(F)C(F)(F)C(F)(F)CCCO. The summed E-state index contributed by atoms with van der Waals surface area (Å²) in [4.78, 5) is 0. The summed E-state index contributed by atoms with van der Waals surface area (Å²) in [7, 11) is 1.08. The minimum absolute atomic E-state index is 0.405. The Morgan fingerprint density at radius 2 is 1.14 bits per heavy atom. The molecule has 0 bridgehead atoms. The summed E-state index contributed by atoms with van der Waals surface area (Å²) in [5.41, 5.74) is 0. The van der Waals surface area contributed by atoms with Crippen molar-refractivity contribution in [3.8, 4) is 0 Å². The second kappa shape index (κ2) is 7.08. The highest BCUT2D eigenvalue weighted by atomic mass is 19.4. The Kier molecular flexibility index (Phi) is 6.86. The van der Waals surface area contributed by atoms with E-state index < -0.39 is 62.6 Å². The van der Waals surface area contributed by atoms with Gasteiger partial charge in [0.1, 0.15) is 0 Å². The number of hydrogen-bond donors (Lipinski definition) is 1. The second-order valence-corrected chi connectivity index (χ2v) is 4.48. The standard InChI is InChI=1S/C11H16F8O2/c1-21-7-3-5-9(14,15)11(18,19)10(16,17)8(12,13)4-2-6-20/h20H,2-7H2,1H3. The summed E-state index contributed by atoms with van der Waals surface area (Å²) in [5, 5.41) is 8.27. The van der Waals surface area contributed by atoms with Crippen LogP contribution in [0.5, 0.6) is 0 Å². The minimum Gasteiger partial charge on any atom is -0.396 e. The van der Waals surface area contributed by atoms with E-state index in [0.29, 0.717) is 0 Å². The highest BCUT2D eigenvalue weighted by Crippen LogP contribution is 2.54.